The number of amides is 1. The van der Waals surface area contributed by atoms with E-state index in [1.165, 1.54) is 22.9 Å². The number of hydrogen-bond acceptors (Lipinski definition) is 6. The summed E-state index contributed by atoms with van der Waals surface area (Å²) < 4.78 is 10.6. The molecule has 29 heavy (non-hydrogen) atoms. The summed E-state index contributed by atoms with van der Waals surface area (Å²) in [5.41, 5.74) is 5.26. The van der Waals surface area contributed by atoms with Crippen molar-refractivity contribution in [1.29, 1.82) is 0 Å². The third-order valence-electron chi connectivity index (χ3n) is 4.58. The normalized spacial score (nSPS) is 12.1. The van der Waals surface area contributed by atoms with E-state index in [-0.39, 0.29) is 18.5 Å². The average Bonchev–Trinajstić information content (AvgIpc) is 3.19. The third kappa shape index (κ3) is 4.68. The molecule has 0 unspecified atom stereocenters. The molecule has 1 amide bonds. The van der Waals surface area contributed by atoms with Crippen LogP contribution in [0.2, 0.25) is 0 Å². The van der Waals surface area contributed by atoms with Gasteiger partial charge in [-0.05, 0) is 49.2 Å². The van der Waals surface area contributed by atoms with Crippen molar-refractivity contribution in [2.75, 3.05) is 12.5 Å². The molecule has 0 saturated carbocycles. The SMILES string of the molecule is Cc1ccc(-c2ccc(SCC(=O)NCc3ccc4c(c3)OCO4)nn2)c(C)c1. The molecule has 0 atom stereocenters. The molecule has 1 aliphatic heterocycles. The second-order valence-corrected chi connectivity index (χ2v) is 7.82. The van der Waals surface area contributed by atoms with Crippen LogP contribution in [-0.4, -0.2) is 28.7 Å². The summed E-state index contributed by atoms with van der Waals surface area (Å²) >= 11 is 1.36. The van der Waals surface area contributed by atoms with Crippen LogP contribution >= 0.6 is 11.8 Å². The standard InChI is InChI=1S/C22H21N3O3S/c1-14-3-5-17(15(2)9-14)18-6-8-22(25-24-18)29-12-21(26)23-11-16-4-7-19-20(10-16)28-13-27-19/h3-10H,11-13H2,1-2H3,(H,23,26). The van der Waals surface area contributed by atoms with Crippen molar-refractivity contribution in [3.63, 3.8) is 0 Å². The minimum Gasteiger partial charge on any atom is -0.454 e. The molecule has 0 aliphatic carbocycles. The number of benzene rings is 2. The van der Waals surface area contributed by atoms with Crippen LogP contribution in [0.25, 0.3) is 11.3 Å². The van der Waals surface area contributed by atoms with Crippen molar-refractivity contribution >= 4 is 17.7 Å². The smallest absolute Gasteiger partial charge is 0.231 e. The number of nitrogens with one attached hydrogen (secondary N) is 1. The minimum absolute atomic E-state index is 0.0621. The Morgan fingerprint density at radius 3 is 2.69 bits per heavy atom. The van der Waals surface area contributed by atoms with Gasteiger partial charge in [0.1, 0.15) is 5.03 Å². The van der Waals surface area contributed by atoms with E-state index in [1.807, 2.05) is 30.3 Å². The zero-order valence-electron chi connectivity index (χ0n) is 16.3. The van der Waals surface area contributed by atoms with Crippen molar-refractivity contribution in [2.45, 2.75) is 25.4 Å². The predicted octanol–water partition coefficient (Wildman–Crippen LogP) is 3.90. The van der Waals surface area contributed by atoms with Gasteiger partial charge >= 0.3 is 0 Å². The van der Waals surface area contributed by atoms with Gasteiger partial charge in [0.25, 0.3) is 0 Å². The van der Waals surface area contributed by atoms with Crippen molar-refractivity contribution in [2.24, 2.45) is 0 Å². The number of ether oxygens (including phenoxy) is 2. The first-order chi connectivity index (χ1) is 14.1. The molecule has 3 aromatic rings. The zero-order valence-corrected chi connectivity index (χ0v) is 17.1. The van der Waals surface area contributed by atoms with Gasteiger partial charge in [-0.3, -0.25) is 4.79 Å². The molecule has 7 heteroatoms. The monoisotopic (exact) mass is 407 g/mol. The molecule has 1 aromatic heterocycles. The van der Waals surface area contributed by atoms with Gasteiger partial charge in [0.2, 0.25) is 12.7 Å². The average molecular weight is 407 g/mol. The predicted molar refractivity (Wildman–Crippen MR) is 112 cm³/mol. The molecule has 148 valence electrons. The number of aryl methyl sites for hydroxylation is 2. The molecular formula is C22H21N3O3S. The maximum atomic E-state index is 12.2. The van der Waals surface area contributed by atoms with Crippen LogP contribution < -0.4 is 14.8 Å². The lowest BCUT2D eigenvalue weighted by molar-refractivity contribution is -0.118. The molecule has 2 heterocycles. The minimum atomic E-state index is -0.0621. The van der Waals surface area contributed by atoms with Crippen LogP contribution in [0.4, 0.5) is 0 Å². The number of carbonyl (C=O) groups excluding carboxylic acids is 1. The van der Waals surface area contributed by atoms with E-state index < -0.39 is 0 Å². The van der Waals surface area contributed by atoms with Gasteiger partial charge in [-0.25, -0.2) is 0 Å². The number of rotatable bonds is 6. The number of carbonyl (C=O) groups is 1. The van der Waals surface area contributed by atoms with Crippen molar-refractivity contribution in [3.05, 3.63) is 65.2 Å². The largest absolute Gasteiger partial charge is 0.454 e. The Morgan fingerprint density at radius 2 is 1.90 bits per heavy atom. The van der Waals surface area contributed by atoms with E-state index in [0.29, 0.717) is 12.3 Å². The van der Waals surface area contributed by atoms with Crippen LogP contribution in [0, 0.1) is 13.8 Å². The molecule has 0 saturated heterocycles. The first kappa shape index (κ1) is 19.3. The second-order valence-electron chi connectivity index (χ2n) is 6.83. The van der Waals surface area contributed by atoms with Gasteiger partial charge in [-0.2, -0.15) is 0 Å². The molecule has 2 aromatic carbocycles. The molecule has 4 rings (SSSR count). The molecule has 0 fully saturated rings. The molecule has 1 aliphatic rings. The molecule has 0 radical (unpaired) electrons. The molecule has 1 N–H and O–H groups in total. The van der Waals surface area contributed by atoms with Crippen molar-refractivity contribution in [1.82, 2.24) is 15.5 Å². The Hall–Kier alpha value is -3.06. The van der Waals surface area contributed by atoms with Gasteiger partial charge in [-0.15, -0.1) is 10.2 Å². The highest BCUT2D eigenvalue weighted by Gasteiger charge is 2.13. The van der Waals surface area contributed by atoms with Gasteiger partial charge in [-0.1, -0.05) is 41.6 Å². The second kappa shape index (κ2) is 8.53. The topological polar surface area (TPSA) is 73.3 Å². The van der Waals surface area contributed by atoms with E-state index >= 15 is 0 Å². The van der Waals surface area contributed by atoms with E-state index in [1.54, 1.807) is 0 Å². The number of nitrogens with zero attached hydrogens (tertiary/aromatic N) is 2. The van der Waals surface area contributed by atoms with Gasteiger partial charge < -0.3 is 14.8 Å². The highest BCUT2D eigenvalue weighted by Crippen LogP contribution is 2.32. The molecule has 0 bridgehead atoms. The molecule has 0 spiro atoms. The summed E-state index contributed by atoms with van der Waals surface area (Å²) in [5, 5.41) is 12.2. The van der Waals surface area contributed by atoms with E-state index in [2.05, 4.69) is 47.6 Å². The van der Waals surface area contributed by atoms with Crippen LogP contribution in [0.3, 0.4) is 0 Å². The first-order valence-electron chi connectivity index (χ1n) is 9.28. The maximum absolute atomic E-state index is 12.2. The van der Waals surface area contributed by atoms with E-state index in [9.17, 15) is 4.79 Å². The highest BCUT2D eigenvalue weighted by atomic mass is 32.2. The maximum Gasteiger partial charge on any atom is 0.231 e. The third-order valence-corrected chi connectivity index (χ3v) is 5.50. The number of fused-ring (bicyclic) bond motifs is 1. The van der Waals surface area contributed by atoms with Crippen LogP contribution in [-0.2, 0) is 11.3 Å². The van der Waals surface area contributed by atoms with Crippen molar-refractivity contribution < 1.29 is 14.3 Å². The summed E-state index contributed by atoms with van der Waals surface area (Å²) in [6.45, 7) is 4.81. The number of thioether (sulfide) groups is 1. The molecular weight excluding hydrogens is 386 g/mol. The Kier molecular flexibility index (Phi) is 5.67. The lowest BCUT2D eigenvalue weighted by Crippen LogP contribution is -2.24. The lowest BCUT2D eigenvalue weighted by atomic mass is 10.0. The Bertz CT molecular complexity index is 1040. The summed E-state index contributed by atoms with van der Waals surface area (Å²) in [7, 11) is 0. The summed E-state index contributed by atoms with van der Waals surface area (Å²) in [6.07, 6.45) is 0. The Labute approximate surface area is 173 Å². The fourth-order valence-corrected chi connectivity index (χ4v) is 3.73. The van der Waals surface area contributed by atoms with Gasteiger partial charge in [0.15, 0.2) is 11.5 Å². The van der Waals surface area contributed by atoms with Crippen molar-refractivity contribution in [3.8, 4) is 22.8 Å². The van der Waals surface area contributed by atoms with Crippen LogP contribution in [0.5, 0.6) is 11.5 Å². The zero-order chi connectivity index (χ0) is 20.2. The van der Waals surface area contributed by atoms with E-state index in [4.69, 9.17) is 9.47 Å². The van der Waals surface area contributed by atoms with Crippen LogP contribution in [0.1, 0.15) is 16.7 Å². The fourth-order valence-electron chi connectivity index (χ4n) is 3.08. The fraction of sp³-hybridized carbons (Fsp3) is 0.227. The van der Waals surface area contributed by atoms with E-state index in [0.717, 1.165) is 27.6 Å². The summed E-state index contributed by atoms with van der Waals surface area (Å²) in [4.78, 5) is 12.2. The number of aromatic nitrogens is 2. The Balaban J connectivity index is 1.29. The summed E-state index contributed by atoms with van der Waals surface area (Å²) in [5.74, 6) is 1.67. The Morgan fingerprint density at radius 1 is 1.03 bits per heavy atom. The quantitative estimate of drug-likeness (QED) is 0.625. The summed E-state index contributed by atoms with van der Waals surface area (Å²) in [6, 6.07) is 15.7. The molecule has 6 nitrogen and oxygen atoms in total. The van der Waals surface area contributed by atoms with Gasteiger partial charge in [0.05, 0.1) is 11.4 Å². The van der Waals surface area contributed by atoms with Crippen LogP contribution in [0.15, 0.2) is 53.6 Å². The number of hydrogen-bond donors (Lipinski definition) is 1. The lowest BCUT2D eigenvalue weighted by Gasteiger charge is -2.07. The first-order valence-corrected chi connectivity index (χ1v) is 10.3. The highest BCUT2D eigenvalue weighted by molar-refractivity contribution is 7.99. The van der Waals surface area contributed by atoms with Gasteiger partial charge in [0, 0.05) is 12.1 Å².